The highest BCUT2D eigenvalue weighted by Gasteiger charge is 2.18. The standard InChI is InChI=1S/C9H10F2N6OS/c1-4(7-14-15-9(12)19-7)13-6(18)5-2-3-17(16-5)8(10)11/h2-4,8H,1H3,(H2,12,15)(H,13,18)/t4-/m0/s1. The highest BCUT2D eigenvalue weighted by Crippen LogP contribution is 2.19. The van der Waals surface area contributed by atoms with Gasteiger partial charge in [-0.3, -0.25) is 4.79 Å². The van der Waals surface area contributed by atoms with Crippen molar-refractivity contribution in [2.45, 2.75) is 19.5 Å². The van der Waals surface area contributed by atoms with Crippen LogP contribution in [0.4, 0.5) is 13.9 Å². The first-order valence-corrected chi connectivity index (χ1v) is 6.02. The van der Waals surface area contributed by atoms with Crippen LogP contribution in [0.1, 0.15) is 35.0 Å². The van der Waals surface area contributed by atoms with Crippen molar-refractivity contribution in [3.63, 3.8) is 0 Å². The van der Waals surface area contributed by atoms with Gasteiger partial charge in [-0.05, 0) is 13.0 Å². The zero-order valence-electron chi connectivity index (χ0n) is 9.75. The second-order valence-electron chi connectivity index (χ2n) is 3.63. The molecule has 0 aliphatic carbocycles. The molecule has 0 unspecified atom stereocenters. The topological polar surface area (TPSA) is 98.7 Å². The molecule has 2 aromatic rings. The van der Waals surface area contributed by atoms with Crippen molar-refractivity contribution in [2.75, 3.05) is 5.73 Å². The summed E-state index contributed by atoms with van der Waals surface area (Å²) in [5.74, 6) is -0.569. The first-order valence-electron chi connectivity index (χ1n) is 5.20. The van der Waals surface area contributed by atoms with E-state index in [0.717, 1.165) is 17.5 Å². The van der Waals surface area contributed by atoms with Gasteiger partial charge in [-0.25, -0.2) is 4.68 Å². The van der Waals surface area contributed by atoms with Gasteiger partial charge in [0.25, 0.3) is 5.91 Å². The second-order valence-corrected chi connectivity index (χ2v) is 4.67. The fourth-order valence-corrected chi connectivity index (χ4v) is 1.93. The normalized spacial score (nSPS) is 12.6. The number of carbonyl (C=O) groups excluding carboxylic acids is 1. The van der Waals surface area contributed by atoms with Crippen LogP contribution in [0.3, 0.4) is 0 Å². The van der Waals surface area contributed by atoms with E-state index < -0.39 is 18.5 Å². The van der Waals surface area contributed by atoms with Crippen molar-refractivity contribution in [2.24, 2.45) is 0 Å². The molecule has 1 atom stereocenters. The molecule has 0 saturated carbocycles. The van der Waals surface area contributed by atoms with Gasteiger partial charge in [-0.2, -0.15) is 13.9 Å². The number of rotatable bonds is 4. The summed E-state index contributed by atoms with van der Waals surface area (Å²) in [4.78, 5) is 11.8. The van der Waals surface area contributed by atoms with Crippen molar-refractivity contribution in [1.82, 2.24) is 25.3 Å². The number of nitrogens with zero attached hydrogens (tertiary/aromatic N) is 4. The quantitative estimate of drug-likeness (QED) is 0.880. The van der Waals surface area contributed by atoms with E-state index in [1.165, 1.54) is 6.07 Å². The van der Waals surface area contributed by atoms with Gasteiger partial charge in [-0.15, -0.1) is 10.2 Å². The average Bonchev–Trinajstić information content (AvgIpc) is 2.96. The number of anilines is 1. The molecule has 0 spiro atoms. The van der Waals surface area contributed by atoms with Crippen molar-refractivity contribution in [3.05, 3.63) is 23.0 Å². The molecule has 0 aromatic carbocycles. The second kappa shape index (κ2) is 5.26. The Morgan fingerprint density at radius 2 is 2.26 bits per heavy atom. The van der Waals surface area contributed by atoms with Crippen LogP contribution in [0.15, 0.2) is 12.3 Å². The molecule has 7 nitrogen and oxygen atoms in total. The number of nitrogens with two attached hydrogens (primary N) is 1. The minimum absolute atomic E-state index is 0.0929. The van der Waals surface area contributed by atoms with E-state index in [4.69, 9.17) is 5.73 Å². The van der Waals surface area contributed by atoms with Crippen LogP contribution >= 0.6 is 11.3 Å². The maximum atomic E-state index is 12.3. The molecular weight excluding hydrogens is 278 g/mol. The third kappa shape index (κ3) is 3.02. The SMILES string of the molecule is C[C@H](NC(=O)c1ccn(C(F)F)n1)c1nnc(N)s1. The van der Waals surface area contributed by atoms with Gasteiger partial charge in [0.1, 0.15) is 10.7 Å². The Labute approximate surface area is 110 Å². The summed E-state index contributed by atoms with van der Waals surface area (Å²) >= 11 is 1.14. The summed E-state index contributed by atoms with van der Waals surface area (Å²) in [6.07, 6.45) is 1.03. The van der Waals surface area contributed by atoms with Crippen LogP contribution in [0.25, 0.3) is 0 Å². The molecule has 2 rings (SSSR count). The van der Waals surface area contributed by atoms with Crippen LogP contribution in [0, 0.1) is 0 Å². The highest BCUT2D eigenvalue weighted by molar-refractivity contribution is 7.15. The van der Waals surface area contributed by atoms with E-state index in [1.54, 1.807) is 6.92 Å². The van der Waals surface area contributed by atoms with Crippen molar-refractivity contribution < 1.29 is 13.6 Å². The van der Waals surface area contributed by atoms with Crippen LogP contribution < -0.4 is 11.1 Å². The Balaban J connectivity index is 2.04. The van der Waals surface area contributed by atoms with Gasteiger partial charge in [0.15, 0.2) is 0 Å². The van der Waals surface area contributed by atoms with Crippen LogP contribution in [0.5, 0.6) is 0 Å². The molecule has 10 heteroatoms. The lowest BCUT2D eigenvalue weighted by Crippen LogP contribution is -2.27. The molecule has 0 saturated heterocycles. The lowest BCUT2D eigenvalue weighted by molar-refractivity contribution is 0.0559. The van der Waals surface area contributed by atoms with Gasteiger partial charge in [0.2, 0.25) is 5.13 Å². The number of hydrogen-bond donors (Lipinski definition) is 2. The first-order chi connectivity index (χ1) is 8.97. The maximum Gasteiger partial charge on any atom is 0.333 e. The van der Waals surface area contributed by atoms with Gasteiger partial charge < -0.3 is 11.1 Å². The Kier molecular flexibility index (Phi) is 3.69. The lowest BCUT2D eigenvalue weighted by Gasteiger charge is -2.08. The largest absolute Gasteiger partial charge is 0.374 e. The van der Waals surface area contributed by atoms with Crippen LogP contribution in [-0.4, -0.2) is 25.9 Å². The molecule has 2 heterocycles. The number of nitrogen functional groups attached to an aromatic ring is 1. The van der Waals surface area contributed by atoms with Gasteiger partial charge in [-0.1, -0.05) is 11.3 Å². The van der Waals surface area contributed by atoms with Gasteiger partial charge in [0.05, 0.1) is 6.04 Å². The first kappa shape index (κ1) is 13.3. The third-order valence-electron chi connectivity index (χ3n) is 2.22. The number of hydrogen-bond acceptors (Lipinski definition) is 6. The highest BCUT2D eigenvalue weighted by atomic mass is 32.1. The van der Waals surface area contributed by atoms with Crippen molar-refractivity contribution in [1.29, 1.82) is 0 Å². The number of amides is 1. The zero-order valence-corrected chi connectivity index (χ0v) is 10.6. The molecule has 0 radical (unpaired) electrons. The monoisotopic (exact) mass is 288 g/mol. The number of alkyl halides is 2. The lowest BCUT2D eigenvalue weighted by atomic mass is 10.3. The smallest absolute Gasteiger partial charge is 0.333 e. The Hall–Kier alpha value is -2.10. The molecular formula is C9H10F2N6OS. The summed E-state index contributed by atoms with van der Waals surface area (Å²) in [5, 5.41) is 14.2. The van der Waals surface area contributed by atoms with Crippen LogP contribution in [0.2, 0.25) is 0 Å². The fourth-order valence-electron chi connectivity index (χ4n) is 1.32. The Bertz CT molecular complexity index is 583. The number of halogens is 2. The summed E-state index contributed by atoms with van der Waals surface area (Å²) < 4.78 is 25.0. The van der Waals surface area contributed by atoms with E-state index in [2.05, 4.69) is 20.6 Å². The number of aromatic nitrogens is 4. The molecule has 0 aliphatic heterocycles. The zero-order chi connectivity index (χ0) is 14.0. The molecule has 0 fully saturated rings. The van der Waals surface area contributed by atoms with Crippen LogP contribution in [-0.2, 0) is 0 Å². The van der Waals surface area contributed by atoms with Gasteiger partial charge >= 0.3 is 6.55 Å². The molecule has 0 bridgehead atoms. The number of carbonyl (C=O) groups is 1. The number of nitrogens with one attached hydrogen (secondary N) is 1. The molecule has 19 heavy (non-hydrogen) atoms. The summed E-state index contributed by atoms with van der Waals surface area (Å²) in [5.41, 5.74) is 5.34. The van der Waals surface area contributed by atoms with E-state index in [0.29, 0.717) is 9.69 Å². The van der Waals surface area contributed by atoms with E-state index in [9.17, 15) is 13.6 Å². The van der Waals surface area contributed by atoms with Crippen molar-refractivity contribution in [3.8, 4) is 0 Å². The Morgan fingerprint density at radius 3 is 2.79 bits per heavy atom. The predicted octanol–water partition coefficient (Wildman–Crippen LogP) is 1.20. The summed E-state index contributed by atoms with van der Waals surface area (Å²) in [6.45, 7) is -1.09. The maximum absolute atomic E-state index is 12.3. The van der Waals surface area contributed by atoms with E-state index in [-0.39, 0.29) is 10.8 Å². The summed E-state index contributed by atoms with van der Waals surface area (Å²) in [6, 6.07) is 0.780. The van der Waals surface area contributed by atoms with Crippen molar-refractivity contribution >= 4 is 22.4 Å². The van der Waals surface area contributed by atoms with E-state index in [1.807, 2.05) is 0 Å². The molecule has 2 aromatic heterocycles. The minimum Gasteiger partial charge on any atom is -0.374 e. The molecule has 0 aliphatic rings. The average molecular weight is 288 g/mol. The molecule has 3 N–H and O–H groups in total. The molecule has 1 amide bonds. The fraction of sp³-hybridized carbons (Fsp3) is 0.333. The predicted molar refractivity (Wildman–Crippen MR) is 63.7 cm³/mol. The summed E-state index contributed by atoms with van der Waals surface area (Å²) in [7, 11) is 0. The van der Waals surface area contributed by atoms with E-state index >= 15 is 0 Å². The Morgan fingerprint density at radius 1 is 1.53 bits per heavy atom. The minimum atomic E-state index is -2.78. The van der Waals surface area contributed by atoms with Gasteiger partial charge in [0, 0.05) is 6.20 Å². The molecule has 102 valence electrons. The third-order valence-corrected chi connectivity index (χ3v) is 3.15.